The normalized spacial score (nSPS) is 12.8. The molecule has 2 aromatic carbocycles. The highest BCUT2D eigenvalue weighted by molar-refractivity contribution is 6.28. The molecule has 0 bridgehead atoms. The molecule has 2 atom stereocenters. The van der Waals surface area contributed by atoms with Crippen LogP contribution in [0, 0.1) is 11.6 Å². The van der Waals surface area contributed by atoms with E-state index in [1.54, 1.807) is 36.4 Å². The highest BCUT2D eigenvalue weighted by Crippen LogP contribution is 2.32. The predicted octanol–water partition coefficient (Wildman–Crippen LogP) is 5.77. The Bertz CT molecular complexity index is 1190. The molecule has 34 heavy (non-hydrogen) atoms. The number of aromatic nitrogens is 4. The van der Waals surface area contributed by atoms with Crippen molar-refractivity contribution in [2.75, 3.05) is 0 Å². The first-order valence-electron chi connectivity index (χ1n) is 10.4. The third-order valence-corrected chi connectivity index (χ3v) is 5.79. The standard InChI is InChI=1S/C25H18Cl2F2N4O/c26-24-30-11-9-19(32-24)13-21(15-1-5-17(28)6-2-15)23(34)22(16-3-7-18(29)8-4-16)14-20-10-12-31-25(27)33-20/h1-12,21-22H,13-14H2. The van der Waals surface area contributed by atoms with Crippen LogP contribution >= 0.6 is 23.2 Å². The van der Waals surface area contributed by atoms with Crippen molar-refractivity contribution in [1.29, 1.82) is 0 Å². The molecule has 0 saturated carbocycles. The fraction of sp³-hybridized carbons (Fsp3) is 0.160. The molecule has 2 unspecified atom stereocenters. The van der Waals surface area contributed by atoms with Crippen molar-refractivity contribution in [2.24, 2.45) is 0 Å². The molecule has 0 aliphatic carbocycles. The van der Waals surface area contributed by atoms with E-state index in [9.17, 15) is 13.6 Å². The van der Waals surface area contributed by atoms with E-state index >= 15 is 0 Å². The van der Waals surface area contributed by atoms with E-state index in [-0.39, 0.29) is 29.2 Å². The molecule has 2 aromatic heterocycles. The van der Waals surface area contributed by atoms with Gasteiger partial charge in [-0.15, -0.1) is 0 Å². The van der Waals surface area contributed by atoms with Crippen LogP contribution in [0.15, 0.2) is 73.1 Å². The fourth-order valence-electron chi connectivity index (χ4n) is 3.78. The molecule has 2 heterocycles. The van der Waals surface area contributed by atoms with Gasteiger partial charge in [-0.1, -0.05) is 24.3 Å². The van der Waals surface area contributed by atoms with Gasteiger partial charge in [-0.05, 0) is 70.7 Å². The van der Waals surface area contributed by atoms with Crippen molar-refractivity contribution in [3.05, 3.63) is 118 Å². The summed E-state index contributed by atoms with van der Waals surface area (Å²) in [5, 5.41) is 0.127. The lowest BCUT2D eigenvalue weighted by Crippen LogP contribution is -2.25. The Hall–Kier alpha value is -3.29. The maximum absolute atomic E-state index is 14.1. The van der Waals surface area contributed by atoms with Crippen LogP contribution in [-0.4, -0.2) is 25.7 Å². The Morgan fingerprint density at radius 2 is 1.06 bits per heavy atom. The maximum Gasteiger partial charge on any atom is 0.222 e. The van der Waals surface area contributed by atoms with Gasteiger partial charge in [0.1, 0.15) is 17.4 Å². The zero-order valence-electron chi connectivity index (χ0n) is 17.7. The molecular weight excluding hydrogens is 481 g/mol. The molecule has 0 amide bonds. The molecule has 9 heteroatoms. The first-order valence-corrected chi connectivity index (χ1v) is 11.1. The number of ketones is 1. The van der Waals surface area contributed by atoms with Crippen LogP contribution in [0.1, 0.15) is 34.4 Å². The third-order valence-electron chi connectivity index (χ3n) is 5.43. The highest BCUT2D eigenvalue weighted by Gasteiger charge is 2.31. The largest absolute Gasteiger partial charge is 0.298 e. The summed E-state index contributed by atoms with van der Waals surface area (Å²) in [6, 6.07) is 14.9. The Morgan fingerprint density at radius 1 is 0.676 bits per heavy atom. The molecular formula is C25H18Cl2F2N4O. The monoisotopic (exact) mass is 498 g/mol. The second-order valence-electron chi connectivity index (χ2n) is 7.65. The highest BCUT2D eigenvalue weighted by atomic mass is 35.5. The number of Topliss-reactive ketones (excluding diaryl/α,β-unsaturated/α-hetero) is 1. The number of benzene rings is 2. The smallest absolute Gasteiger partial charge is 0.222 e. The summed E-state index contributed by atoms with van der Waals surface area (Å²) in [4.78, 5) is 30.3. The average Bonchev–Trinajstić information content (AvgIpc) is 2.82. The third kappa shape index (κ3) is 5.98. The molecule has 0 saturated heterocycles. The Morgan fingerprint density at radius 3 is 1.41 bits per heavy atom. The second-order valence-corrected chi connectivity index (χ2v) is 8.33. The number of hydrogen-bond donors (Lipinski definition) is 0. The van der Waals surface area contributed by atoms with Gasteiger partial charge < -0.3 is 0 Å². The van der Waals surface area contributed by atoms with Crippen molar-refractivity contribution in [3.63, 3.8) is 0 Å². The second kappa shape index (κ2) is 10.8. The molecule has 0 N–H and O–H groups in total. The van der Waals surface area contributed by atoms with Gasteiger partial charge in [0.05, 0.1) is 0 Å². The minimum Gasteiger partial charge on any atom is -0.298 e. The Balaban J connectivity index is 1.76. The first kappa shape index (κ1) is 23.9. The first-order chi connectivity index (χ1) is 16.4. The van der Waals surface area contributed by atoms with Gasteiger partial charge in [0.15, 0.2) is 0 Å². The van der Waals surface area contributed by atoms with Crippen molar-refractivity contribution in [3.8, 4) is 0 Å². The number of rotatable bonds is 8. The van der Waals surface area contributed by atoms with Crippen LogP contribution in [0.4, 0.5) is 8.78 Å². The number of carbonyl (C=O) groups is 1. The van der Waals surface area contributed by atoms with Crippen molar-refractivity contribution >= 4 is 29.0 Å². The van der Waals surface area contributed by atoms with E-state index in [1.807, 2.05) is 0 Å². The van der Waals surface area contributed by atoms with Crippen LogP contribution in [0.3, 0.4) is 0 Å². The van der Waals surface area contributed by atoms with Gasteiger partial charge in [-0.25, -0.2) is 28.7 Å². The van der Waals surface area contributed by atoms with Crippen LogP contribution < -0.4 is 0 Å². The molecule has 0 radical (unpaired) electrons. The number of carbonyl (C=O) groups excluding carboxylic acids is 1. The molecule has 0 spiro atoms. The molecule has 0 aliphatic rings. The number of nitrogens with zero attached hydrogens (tertiary/aromatic N) is 4. The minimum atomic E-state index is -0.682. The van der Waals surface area contributed by atoms with Crippen LogP contribution in [0.2, 0.25) is 10.6 Å². The van der Waals surface area contributed by atoms with Crippen molar-refractivity contribution in [1.82, 2.24) is 19.9 Å². The average molecular weight is 499 g/mol. The van der Waals surface area contributed by atoms with E-state index in [2.05, 4.69) is 19.9 Å². The SMILES string of the molecule is O=C(C(Cc1ccnc(Cl)n1)c1ccc(F)cc1)C(Cc1ccnc(Cl)n1)c1ccc(F)cc1. The summed E-state index contributed by atoms with van der Waals surface area (Å²) in [6.45, 7) is 0. The summed E-state index contributed by atoms with van der Waals surface area (Å²) in [7, 11) is 0. The summed E-state index contributed by atoms with van der Waals surface area (Å²) in [5.74, 6) is -2.35. The van der Waals surface area contributed by atoms with E-state index in [1.165, 1.54) is 36.7 Å². The lowest BCUT2D eigenvalue weighted by molar-refractivity contribution is -0.122. The molecule has 172 valence electrons. The Labute approximate surface area is 204 Å². The van der Waals surface area contributed by atoms with Crippen molar-refractivity contribution in [2.45, 2.75) is 24.7 Å². The van der Waals surface area contributed by atoms with Gasteiger partial charge in [0, 0.05) is 48.5 Å². The van der Waals surface area contributed by atoms with Gasteiger partial charge in [0.25, 0.3) is 0 Å². The molecule has 0 aliphatic heterocycles. The van der Waals surface area contributed by atoms with Crippen LogP contribution in [0.25, 0.3) is 0 Å². The molecule has 4 aromatic rings. The predicted molar refractivity (Wildman–Crippen MR) is 125 cm³/mol. The molecule has 5 nitrogen and oxygen atoms in total. The van der Waals surface area contributed by atoms with E-state index < -0.39 is 23.5 Å². The topological polar surface area (TPSA) is 68.6 Å². The maximum atomic E-state index is 14.1. The fourth-order valence-corrected chi connectivity index (χ4v) is 4.11. The number of halogens is 4. The number of hydrogen-bond acceptors (Lipinski definition) is 5. The molecule has 4 rings (SSSR count). The van der Waals surface area contributed by atoms with Gasteiger partial charge in [0.2, 0.25) is 10.6 Å². The van der Waals surface area contributed by atoms with Crippen LogP contribution in [-0.2, 0) is 17.6 Å². The van der Waals surface area contributed by atoms with E-state index in [0.717, 1.165) is 0 Å². The van der Waals surface area contributed by atoms with Gasteiger partial charge >= 0.3 is 0 Å². The zero-order valence-corrected chi connectivity index (χ0v) is 19.2. The summed E-state index contributed by atoms with van der Waals surface area (Å²) in [6.07, 6.45) is 3.46. The van der Waals surface area contributed by atoms with E-state index in [0.29, 0.717) is 22.5 Å². The summed E-state index contributed by atoms with van der Waals surface area (Å²) < 4.78 is 27.3. The zero-order chi connectivity index (χ0) is 24.1. The lowest BCUT2D eigenvalue weighted by atomic mass is 9.79. The van der Waals surface area contributed by atoms with Crippen LogP contribution in [0.5, 0.6) is 0 Å². The molecule has 0 fully saturated rings. The quantitative estimate of drug-likeness (QED) is 0.288. The van der Waals surface area contributed by atoms with E-state index in [4.69, 9.17) is 23.2 Å². The lowest BCUT2D eigenvalue weighted by Gasteiger charge is -2.23. The van der Waals surface area contributed by atoms with Crippen molar-refractivity contribution < 1.29 is 13.6 Å². The van der Waals surface area contributed by atoms with Gasteiger partial charge in [-0.2, -0.15) is 0 Å². The van der Waals surface area contributed by atoms with Gasteiger partial charge in [-0.3, -0.25) is 4.79 Å². The minimum absolute atomic E-state index is 0.0634. The Kier molecular flexibility index (Phi) is 7.55. The summed E-state index contributed by atoms with van der Waals surface area (Å²) in [5.41, 5.74) is 2.36. The summed E-state index contributed by atoms with van der Waals surface area (Å²) >= 11 is 11.9.